The zero-order valence-corrected chi connectivity index (χ0v) is 12.6. The van der Waals surface area contributed by atoms with Gasteiger partial charge in [-0.2, -0.15) is 11.3 Å². The van der Waals surface area contributed by atoms with Crippen molar-refractivity contribution >= 4 is 28.8 Å². The van der Waals surface area contributed by atoms with Crippen LogP contribution in [0.15, 0.2) is 41.1 Å². The van der Waals surface area contributed by atoms with Crippen molar-refractivity contribution in [3.63, 3.8) is 0 Å². The van der Waals surface area contributed by atoms with Gasteiger partial charge in [0.25, 0.3) is 11.8 Å². The van der Waals surface area contributed by atoms with Crippen LogP contribution in [0.2, 0.25) is 0 Å². The van der Waals surface area contributed by atoms with E-state index in [0.29, 0.717) is 17.0 Å². The summed E-state index contributed by atoms with van der Waals surface area (Å²) in [5, 5.41) is 6.44. The highest BCUT2D eigenvalue weighted by Gasteiger charge is 2.07. The van der Waals surface area contributed by atoms with Crippen LogP contribution >= 0.6 is 11.3 Å². The second-order valence-electron chi connectivity index (χ2n) is 4.57. The predicted molar refractivity (Wildman–Crippen MR) is 82.9 cm³/mol. The molecule has 1 heterocycles. The number of thiophene rings is 1. The zero-order chi connectivity index (χ0) is 15.2. The van der Waals surface area contributed by atoms with E-state index in [1.807, 2.05) is 5.38 Å². The number of hydrogen-bond acceptors (Lipinski definition) is 4. The summed E-state index contributed by atoms with van der Waals surface area (Å²) in [6.07, 6.45) is 0. The average molecular weight is 304 g/mol. The number of nitrogens with zero attached hydrogens (tertiary/aromatic N) is 1. The normalized spacial score (nSPS) is 10.0. The molecular formula is C15H16N2O3S. The molecule has 0 unspecified atom stereocenters. The molecule has 0 aliphatic carbocycles. The van der Waals surface area contributed by atoms with Gasteiger partial charge in [0, 0.05) is 25.2 Å². The van der Waals surface area contributed by atoms with Crippen LogP contribution in [0.25, 0.3) is 0 Å². The molecule has 1 aromatic heterocycles. The lowest BCUT2D eigenvalue weighted by molar-refractivity contribution is -0.130. The molecule has 0 atom stereocenters. The van der Waals surface area contributed by atoms with Gasteiger partial charge in [-0.1, -0.05) is 0 Å². The Kier molecular flexibility index (Phi) is 4.94. The van der Waals surface area contributed by atoms with E-state index in [1.54, 1.807) is 49.8 Å². The Balaban J connectivity index is 1.90. The zero-order valence-electron chi connectivity index (χ0n) is 11.8. The van der Waals surface area contributed by atoms with Gasteiger partial charge in [0.15, 0.2) is 6.61 Å². The second kappa shape index (κ2) is 6.90. The number of likely N-dealkylation sites (N-methyl/N-ethyl adjacent to an activating group) is 1. The van der Waals surface area contributed by atoms with Crippen LogP contribution < -0.4 is 10.1 Å². The van der Waals surface area contributed by atoms with Crippen molar-refractivity contribution in [3.8, 4) is 5.75 Å². The molecule has 0 saturated heterocycles. The van der Waals surface area contributed by atoms with Crippen LogP contribution in [-0.2, 0) is 4.79 Å². The van der Waals surface area contributed by atoms with E-state index in [9.17, 15) is 9.59 Å². The number of anilines is 1. The molecular weight excluding hydrogens is 288 g/mol. The van der Waals surface area contributed by atoms with Gasteiger partial charge in [-0.15, -0.1) is 0 Å². The molecule has 21 heavy (non-hydrogen) atoms. The predicted octanol–water partition coefficient (Wildman–Crippen LogP) is 2.47. The van der Waals surface area contributed by atoms with E-state index >= 15 is 0 Å². The molecule has 2 aromatic rings. The molecule has 0 aliphatic heterocycles. The maximum absolute atomic E-state index is 11.9. The van der Waals surface area contributed by atoms with Crippen LogP contribution in [0, 0.1) is 0 Å². The minimum atomic E-state index is -0.146. The Morgan fingerprint density at radius 1 is 1.19 bits per heavy atom. The first-order chi connectivity index (χ1) is 10.1. The van der Waals surface area contributed by atoms with Crippen LogP contribution in [0.5, 0.6) is 5.75 Å². The monoisotopic (exact) mass is 304 g/mol. The topological polar surface area (TPSA) is 58.6 Å². The lowest BCUT2D eigenvalue weighted by Gasteiger charge is -2.11. The number of carbonyl (C=O) groups is 2. The molecule has 1 N–H and O–H groups in total. The molecule has 6 heteroatoms. The van der Waals surface area contributed by atoms with E-state index in [2.05, 4.69) is 5.32 Å². The summed E-state index contributed by atoms with van der Waals surface area (Å²) in [5.41, 5.74) is 1.31. The number of amides is 2. The van der Waals surface area contributed by atoms with Crippen molar-refractivity contribution in [2.45, 2.75) is 0 Å². The summed E-state index contributed by atoms with van der Waals surface area (Å²) >= 11 is 1.48. The van der Waals surface area contributed by atoms with Crippen molar-refractivity contribution in [2.75, 3.05) is 26.0 Å². The van der Waals surface area contributed by atoms with Gasteiger partial charge in [0.2, 0.25) is 0 Å². The van der Waals surface area contributed by atoms with Crippen molar-refractivity contribution < 1.29 is 14.3 Å². The minimum Gasteiger partial charge on any atom is -0.484 e. The van der Waals surface area contributed by atoms with Gasteiger partial charge >= 0.3 is 0 Å². The summed E-state index contributed by atoms with van der Waals surface area (Å²) in [6.45, 7) is -0.00634. The Labute approximate surface area is 127 Å². The minimum absolute atomic E-state index is 0.00634. The number of rotatable bonds is 5. The fourth-order valence-electron chi connectivity index (χ4n) is 1.51. The molecule has 0 radical (unpaired) electrons. The van der Waals surface area contributed by atoms with Crippen LogP contribution in [-0.4, -0.2) is 37.4 Å². The molecule has 110 valence electrons. The number of carbonyl (C=O) groups excluding carboxylic acids is 2. The molecule has 2 rings (SSSR count). The maximum Gasteiger partial charge on any atom is 0.259 e. The third-order valence-electron chi connectivity index (χ3n) is 2.76. The first kappa shape index (κ1) is 15.1. The Bertz CT molecular complexity index is 606. The Hall–Kier alpha value is -2.34. The van der Waals surface area contributed by atoms with E-state index in [-0.39, 0.29) is 18.4 Å². The number of benzene rings is 1. The van der Waals surface area contributed by atoms with Crippen LogP contribution in [0.3, 0.4) is 0 Å². The maximum atomic E-state index is 11.9. The molecule has 0 saturated carbocycles. The SMILES string of the molecule is CN(C)C(=O)COc1ccc(NC(=O)c2ccsc2)cc1. The molecule has 0 aliphatic rings. The van der Waals surface area contributed by atoms with Gasteiger partial charge in [0.1, 0.15) is 5.75 Å². The first-order valence-electron chi connectivity index (χ1n) is 6.33. The van der Waals surface area contributed by atoms with Gasteiger partial charge in [-0.05, 0) is 35.7 Å². The quantitative estimate of drug-likeness (QED) is 0.923. The van der Waals surface area contributed by atoms with Crippen LogP contribution in [0.4, 0.5) is 5.69 Å². The molecule has 0 spiro atoms. The Morgan fingerprint density at radius 3 is 2.48 bits per heavy atom. The first-order valence-corrected chi connectivity index (χ1v) is 7.27. The summed E-state index contributed by atoms with van der Waals surface area (Å²) in [6, 6.07) is 8.67. The number of nitrogens with one attached hydrogen (secondary N) is 1. The molecule has 0 bridgehead atoms. The highest BCUT2D eigenvalue weighted by atomic mass is 32.1. The van der Waals surface area contributed by atoms with Gasteiger partial charge < -0.3 is 15.0 Å². The van der Waals surface area contributed by atoms with E-state index in [4.69, 9.17) is 4.74 Å². The fourth-order valence-corrected chi connectivity index (χ4v) is 2.14. The lowest BCUT2D eigenvalue weighted by atomic mass is 10.2. The Morgan fingerprint density at radius 2 is 1.90 bits per heavy atom. The molecule has 1 aromatic carbocycles. The number of ether oxygens (including phenoxy) is 1. The molecule has 0 fully saturated rings. The van der Waals surface area contributed by atoms with Gasteiger partial charge in [-0.3, -0.25) is 9.59 Å². The highest BCUT2D eigenvalue weighted by Crippen LogP contribution is 2.17. The van der Waals surface area contributed by atoms with E-state index in [1.165, 1.54) is 16.2 Å². The van der Waals surface area contributed by atoms with Gasteiger partial charge in [-0.25, -0.2) is 0 Å². The van der Waals surface area contributed by atoms with Crippen molar-refractivity contribution in [3.05, 3.63) is 46.7 Å². The van der Waals surface area contributed by atoms with Crippen molar-refractivity contribution in [1.29, 1.82) is 0 Å². The summed E-state index contributed by atoms with van der Waals surface area (Å²) < 4.78 is 5.36. The van der Waals surface area contributed by atoms with E-state index in [0.717, 1.165) is 0 Å². The summed E-state index contributed by atoms with van der Waals surface area (Å²) in [4.78, 5) is 24.7. The third-order valence-corrected chi connectivity index (χ3v) is 3.44. The van der Waals surface area contributed by atoms with E-state index < -0.39 is 0 Å². The third kappa shape index (κ3) is 4.32. The summed E-state index contributed by atoms with van der Waals surface area (Å²) in [5.74, 6) is 0.330. The fraction of sp³-hybridized carbons (Fsp3) is 0.200. The standard InChI is InChI=1S/C15H16N2O3S/c1-17(2)14(18)9-20-13-5-3-12(4-6-13)16-15(19)11-7-8-21-10-11/h3-8,10H,9H2,1-2H3,(H,16,19). The van der Waals surface area contributed by atoms with Crippen molar-refractivity contribution in [2.24, 2.45) is 0 Å². The smallest absolute Gasteiger partial charge is 0.259 e. The second-order valence-corrected chi connectivity index (χ2v) is 5.35. The van der Waals surface area contributed by atoms with Crippen LogP contribution in [0.1, 0.15) is 10.4 Å². The number of hydrogen-bond donors (Lipinski definition) is 1. The largest absolute Gasteiger partial charge is 0.484 e. The lowest BCUT2D eigenvalue weighted by Crippen LogP contribution is -2.27. The molecule has 2 amide bonds. The van der Waals surface area contributed by atoms with Gasteiger partial charge in [0.05, 0.1) is 5.56 Å². The average Bonchev–Trinajstić information content (AvgIpc) is 3.00. The summed E-state index contributed by atoms with van der Waals surface area (Å²) in [7, 11) is 3.35. The van der Waals surface area contributed by atoms with Crippen molar-refractivity contribution in [1.82, 2.24) is 4.90 Å². The molecule has 5 nitrogen and oxygen atoms in total. The highest BCUT2D eigenvalue weighted by molar-refractivity contribution is 7.08.